The van der Waals surface area contributed by atoms with Crippen LogP contribution in [0.1, 0.15) is 10.4 Å². The molecule has 2 nitrogen and oxygen atoms in total. The van der Waals surface area contributed by atoms with E-state index in [0.717, 1.165) is 0 Å². The number of hydrogen-bond acceptors (Lipinski definition) is 1. The van der Waals surface area contributed by atoms with Gasteiger partial charge in [-0.3, -0.25) is 4.79 Å². The molecule has 1 rings (SSSR count). The number of hydrogen-bond donors (Lipinski definition) is 0. The first-order valence-corrected chi connectivity index (χ1v) is 4.02. The van der Waals surface area contributed by atoms with Crippen molar-refractivity contribution in [2.24, 2.45) is 0 Å². The van der Waals surface area contributed by atoms with Gasteiger partial charge in [0.25, 0.3) is 0 Å². The summed E-state index contributed by atoms with van der Waals surface area (Å²) in [7, 11) is 0. The fourth-order valence-corrected chi connectivity index (χ4v) is 0.968. The third-order valence-corrected chi connectivity index (χ3v) is 1.66. The number of nitrogens with one attached hydrogen (secondary N) is 1. The van der Waals surface area contributed by atoms with Gasteiger partial charge < -0.3 is 0 Å². The molecule has 0 aliphatic heterocycles. The predicted molar refractivity (Wildman–Crippen MR) is 51.4 cm³/mol. The first kappa shape index (κ1) is 10.8. The highest BCUT2D eigenvalue weighted by Gasteiger charge is 2.03. The van der Waals surface area contributed by atoms with Crippen molar-refractivity contribution in [2.45, 2.75) is 0 Å². The zero-order chi connectivity index (χ0) is 7.40. The van der Waals surface area contributed by atoms with Crippen molar-refractivity contribution in [3.05, 3.63) is 30.1 Å². The van der Waals surface area contributed by atoms with Gasteiger partial charge >= 0.3 is 0 Å². The molecule has 0 saturated carbocycles. The summed E-state index contributed by atoms with van der Waals surface area (Å²) in [5.74, 6) is 0.0943. The number of carbonyl (C=O) groups excluding carboxylic acids is 1. The van der Waals surface area contributed by atoms with Crippen LogP contribution in [-0.2, 0) is 0 Å². The van der Waals surface area contributed by atoms with Crippen LogP contribution in [-0.4, -0.2) is 11.1 Å². The minimum absolute atomic E-state index is 0. The summed E-state index contributed by atoms with van der Waals surface area (Å²) < 4.78 is 0. The number of ketones is 1. The number of aromatic nitrogens is 1. The minimum Gasteiger partial charge on any atom is -0.293 e. The zero-order valence-corrected chi connectivity index (χ0v) is 9.01. The van der Waals surface area contributed by atoms with Crippen LogP contribution in [0.2, 0.25) is 0 Å². The minimum atomic E-state index is 0. The molecular formula is C7H8Br2NO+. The standard InChI is InChI=1S/C7H6BrNO.BrH/c8-4-7(10)6-2-1-3-9-5-6;/h1-3,5H,4H2;1H/p+1. The average Bonchev–Trinajstić information content (AvgIpc) is 2.05. The van der Waals surface area contributed by atoms with Gasteiger partial charge in [0.15, 0.2) is 18.2 Å². The van der Waals surface area contributed by atoms with E-state index in [1.165, 1.54) is 0 Å². The van der Waals surface area contributed by atoms with Gasteiger partial charge in [-0.15, -0.1) is 17.0 Å². The van der Waals surface area contributed by atoms with Crippen LogP contribution >= 0.6 is 32.9 Å². The summed E-state index contributed by atoms with van der Waals surface area (Å²) in [6.45, 7) is 0. The van der Waals surface area contributed by atoms with Gasteiger partial charge in [-0.1, -0.05) is 15.9 Å². The molecule has 0 radical (unpaired) electrons. The number of alkyl halides is 1. The molecule has 0 unspecified atom stereocenters. The van der Waals surface area contributed by atoms with Crippen LogP contribution in [0.25, 0.3) is 0 Å². The van der Waals surface area contributed by atoms with Gasteiger partial charge in [-0.2, -0.15) is 0 Å². The molecule has 1 aromatic rings. The molecule has 11 heavy (non-hydrogen) atoms. The fourth-order valence-electron chi connectivity index (χ4n) is 0.644. The van der Waals surface area contributed by atoms with Crippen molar-refractivity contribution in [1.82, 2.24) is 0 Å². The molecule has 0 aromatic carbocycles. The molecule has 1 aromatic heterocycles. The van der Waals surface area contributed by atoms with E-state index in [-0.39, 0.29) is 22.8 Å². The number of halogens is 2. The SMILES string of the molecule is Br.O=C(CBr)c1ccc[nH+]c1. The summed E-state index contributed by atoms with van der Waals surface area (Å²) in [5.41, 5.74) is 0.708. The van der Waals surface area contributed by atoms with Gasteiger partial charge in [0.1, 0.15) is 0 Å². The molecule has 0 saturated heterocycles. The van der Waals surface area contributed by atoms with Crippen molar-refractivity contribution in [3.63, 3.8) is 0 Å². The highest BCUT2D eigenvalue weighted by molar-refractivity contribution is 9.09. The van der Waals surface area contributed by atoms with E-state index in [1.807, 2.05) is 0 Å². The second-order valence-corrected chi connectivity index (χ2v) is 2.41. The van der Waals surface area contributed by atoms with Crippen LogP contribution in [0.4, 0.5) is 0 Å². The second kappa shape index (κ2) is 5.43. The van der Waals surface area contributed by atoms with E-state index >= 15 is 0 Å². The molecule has 0 fully saturated rings. The smallest absolute Gasteiger partial charge is 0.179 e. The highest BCUT2D eigenvalue weighted by Crippen LogP contribution is 1.97. The Morgan fingerprint density at radius 3 is 2.82 bits per heavy atom. The Labute approximate surface area is 83.9 Å². The largest absolute Gasteiger partial charge is 0.293 e. The number of H-pyrrole nitrogens is 1. The van der Waals surface area contributed by atoms with Crippen molar-refractivity contribution >= 4 is 38.7 Å². The molecule has 0 spiro atoms. The van der Waals surface area contributed by atoms with Gasteiger partial charge in [0, 0.05) is 6.07 Å². The van der Waals surface area contributed by atoms with Gasteiger partial charge in [0.2, 0.25) is 0 Å². The molecule has 60 valence electrons. The van der Waals surface area contributed by atoms with Crippen LogP contribution in [0.5, 0.6) is 0 Å². The number of Topliss-reactive ketones (excluding diaryl/α,β-unsaturated/α-hetero) is 1. The summed E-state index contributed by atoms with van der Waals surface area (Å²) in [6.07, 6.45) is 3.45. The lowest BCUT2D eigenvalue weighted by atomic mass is 10.2. The molecule has 0 aliphatic rings. The highest BCUT2D eigenvalue weighted by atomic mass is 79.9. The maximum atomic E-state index is 10.9. The van der Waals surface area contributed by atoms with Gasteiger partial charge in [0.05, 0.1) is 10.9 Å². The lowest BCUT2D eigenvalue weighted by Gasteiger charge is -1.88. The molecule has 1 heterocycles. The molecule has 1 N–H and O–H groups in total. The molecule has 0 amide bonds. The molecule has 0 aliphatic carbocycles. The zero-order valence-electron chi connectivity index (χ0n) is 5.71. The number of carbonyl (C=O) groups is 1. The maximum absolute atomic E-state index is 10.9. The van der Waals surface area contributed by atoms with E-state index in [9.17, 15) is 4.79 Å². The molecule has 0 atom stereocenters. The predicted octanol–water partition coefficient (Wildman–Crippen LogP) is 1.66. The van der Waals surface area contributed by atoms with Crippen LogP contribution in [0.15, 0.2) is 24.5 Å². The number of pyridine rings is 1. The normalized spacial score (nSPS) is 8.45. The van der Waals surface area contributed by atoms with Crippen LogP contribution in [0.3, 0.4) is 0 Å². The van der Waals surface area contributed by atoms with Gasteiger partial charge in [-0.25, -0.2) is 4.98 Å². The number of aromatic amines is 1. The summed E-state index contributed by atoms with van der Waals surface area (Å²) in [6, 6.07) is 3.58. The topological polar surface area (TPSA) is 31.2 Å². The van der Waals surface area contributed by atoms with Crippen molar-refractivity contribution in [3.8, 4) is 0 Å². The monoisotopic (exact) mass is 280 g/mol. The Balaban J connectivity index is 0.000001000. The quantitative estimate of drug-likeness (QED) is 0.599. The van der Waals surface area contributed by atoms with E-state index in [1.54, 1.807) is 24.5 Å². The molecular weight excluding hydrogens is 274 g/mol. The average molecular weight is 282 g/mol. The lowest BCUT2D eigenvalue weighted by Crippen LogP contribution is -2.06. The Bertz CT molecular complexity index is 225. The van der Waals surface area contributed by atoms with Crippen LogP contribution < -0.4 is 4.98 Å². The third kappa shape index (κ3) is 3.12. The summed E-state index contributed by atoms with van der Waals surface area (Å²) >= 11 is 3.09. The Morgan fingerprint density at radius 1 is 1.64 bits per heavy atom. The third-order valence-electron chi connectivity index (χ3n) is 1.15. The Hall–Kier alpha value is -0.220. The first-order valence-electron chi connectivity index (χ1n) is 2.90. The van der Waals surface area contributed by atoms with Crippen molar-refractivity contribution in [1.29, 1.82) is 0 Å². The Morgan fingerprint density at radius 2 is 2.36 bits per heavy atom. The number of rotatable bonds is 2. The summed E-state index contributed by atoms with van der Waals surface area (Å²) in [5, 5.41) is 0.380. The molecule has 4 heteroatoms. The molecule has 0 bridgehead atoms. The van der Waals surface area contributed by atoms with Crippen LogP contribution in [0, 0.1) is 0 Å². The fraction of sp³-hybridized carbons (Fsp3) is 0.143. The van der Waals surface area contributed by atoms with Crippen molar-refractivity contribution in [2.75, 3.05) is 5.33 Å². The summed E-state index contributed by atoms with van der Waals surface area (Å²) in [4.78, 5) is 13.8. The first-order chi connectivity index (χ1) is 4.84. The lowest BCUT2D eigenvalue weighted by molar-refractivity contribution is -0.378. The van der Waals surface area contributed by atoms with Gasteiger partial charge in [-0.05, 0) is 6.07 Å². The Kier molecular flexibility index (Phi) is 5.32. The van der Waals surface area contributed by atoms with E-state index in [4.69, 9.17) is 0 Å². The van der Waals surface area contributed by atoms with E-state index in [2.05, 4.69) is 20.9 Å². The van der Waals surface area contributed by atoms with Crippen molar-refractivity contribution < 1.29 is 9.78 Å². The van der Waals surface area contributed by atoms with E-state index < -0.39 is 0 Å². The second-order valence-electron chi connectivity index (χ2n) is 1.85. The van der Waals surface area contributed by atoms with E-state index in [0.29, 0.717) is 10.9 Å². The maximum Gasteiger partial charge on any atom is 0.179 e.